The van der Waals surface area contributed by atoms with Crippen molar-refractivity contribution in [1.29, 1.82) is 0 Å². The summed E-state index contributed by atoms with van der Waals surface area (Å²) >= 11 is 1.21. The van der Waals surface area contributed by atoms with Crippen molar-refractivity contribution in [3.63, 3.8) is 0 Å². The third-order valence-corrected chi connectivity index (χ3v) is 5.09. The van der Waals surface area contributed by atoms with Gasteiger partial charge in [-0.1, -0.05) is 13.8 Å². The first-order valence-corrected chi connectivity index (χ1v) is 10.7. The molecule has 166 valence electrons. The van der Waals surface area contributed by atoms with Crippen molar-refractivity contribution in [3.8, 4) is 11.5 Å². The summed E-state index contributed by atoms with van der Waals surface area (Å²) in [6.07, 6.45) is 2.59. The van der Waals surface area contributed by atoms with Crippen LogP contribution in [0.5, 0.6) is 11.5 Å². The quantitative estimate of drug-likeness (QED) is 0.341. The van der Waals surface area contributed by atoms with Crippen molar-refractivity contribution in [3.05, 3.63) is 57.6 Å². The van der Waals surface area contributed by atoms with Gasteiger partial charge in [0.15, 0.2) is 11.5 Å². The highest BCUT2D eigenvalue weighted by atomic mass is 32.2. The number of thioether (sulfide) groups is 1. The summed E-state index contributed by atoms with van der Waals surface area (Å²) in [6, 6.07) is 8.78. The van der Waals surface area contributed by atoms with Crippen LogP contribution in [-0.4, -0.2) is 36.7 Å². The number of hydrogen-bond acceptors (Lipinski definition) is 7. The lowest BCUT2D eigenvalue weighted by molar-refractivity contribution is -0.387. The lowest BCUT2D eigenvalue weighted by Gasteiger charge is -2.13. The summed E-state index contributed by atoms with van der Waals surface area (Å²) in [7, 11) is 1.47. The van der Waals surface area contributed by atoms with Gasteiger partial charge in [0.25, 0.3) is 17.5 Å². The van der Waals surface area contributed by atoms with Crippen LogP contribution in [0.3, 0.4) is 0 Å². The molecule has 0 aliphatic rings. The van der Waals surface area contributed by atoms with E-state index in [9.17, 15) is 19.7 Å². The highest BCUT2D eigenvalue weighted by Gasteiger charge is 2.18. The Morgan fingerprint density at radius 2 is 1.68 bits per heavy atom. The summed E-state index contributed by atoms with van der Waals surface area (Å²) < 4.78 is 11.0. The number of rotatable bonds is 9. The van der Waals surface area contributed by atoms with Gasteiger partial charge < -0.3 is 9.47 Å². The molecule has 2 aromatic carbocycles. The highest BCUT2D eigenvalue weighted by Crippen LogP contribution is 2.29. The van der Waals surface area contributed by atoms with Crippen molar-refractivity contribution in [2.24, 2.45) is 5.92 Å². The number of carbonyl (C=O) groups is 2. The zero-order valence-electron chi connectivity index (χ0n) is 17.8. The molecule has 2 rings (SSSR count). The molecule has 0 radical (unpaired) electrons. The topological polar surface area (TPSA) is 120 Å². The van der Waals surface area contributed by atoms with Gasteiger partial charge in [0, 0.05) is 17.2 Å². The van der Waals surface area contributed by atoms with Crippen LogP contribution in [0.25, 0.3) is 0 Å². The van der Waals surface area contributed by atoms with Gasteiger partial charge >= 0.3 is 0 Å². The van der Waals surface area contributed by atoms with Crippen LogP contribution in [0.15, 0.2) is 41.3 Å². The van der Waals surface area contributed by atoms with Crippen molar-refractivity contribution >= 4 is 29.3 Å². The van der Waals surface area contributed by atoms with Crippen LogP contribution in [-0.2, 0) is 0 Å². The van der Waals surface area contributed by atoms with Gasteiger partial charge in [0.05, 0.1) is 23.5 Å². The molecule has 0 saturated carbocycles. The SMILES string of the molecule is COc1cc(C(=O)NNC(=O)c2ccc(SC)c([N+](=O)[O-])c2)ccc1OCCC(C)C. The third-order valence-electron chi connectivity index (χ3n) is 4.31. The molecule has 0 aliphatic carbocycles. The molecule has 0 aliphatic heterocycles. The summed E-state index contributed by atoms with van der Waals surface area (Å²) in [4.78, 5) is 35.8. The van der Waals surface area contributed by atoms with E-state index in [1.807, 2.05) is 0 Å². The first-order valence-electron chi connectivity index (χ1n) is 9.50. The van der Waals surface area contributed by atoms with Crippen molar-refractivity contribution in [2.75, 3.05) is 20.0 Å². The molecule has 0 spiro atoms. The smallest absolute Gasteiger partial charge is 0.283 e. The molecular weight excluding hydrogens is 422 g/mol. The Hall–Kier alpha value is -3.27. The molecule has 2 N–H and O–H groups in total. The predicted octanol–water partition coefficient (Wildman–Crippen LogP) is 3.83. The third kappa shape index (κ3) is 6.61. The standard InChI is InChI=1S/C21H25N3O6S/c1-13(2)9-10-30-17-7-5-15(12-18(17)29-3)21(26)23-22-20(25)14-6-8-19(31-4)16(11-14)24(27)28/h5-8,11-13H,9-10H2,1-4H3,(H,22,25)(H,23,26). The average molecular weight is 448 g/mol. The lowest BCUT2D eigenvalue weighted by Crippen LogP contribution is -2.41. The van der Waals surface area contributed by atoms with Gasteiger partial charge in [-0.15, -0.1) is 11.8 Å². The van der Waals surface area contributed by atoms with E-state index < -0.39 is 16.7 Å². The number of amides is 2. The Kier molecular flexibility index (Phi) is 8.68. The second-order valence-corrected chi connectivity index (χ2v) is 7.80. The van der Waals surface area contributed by atoms with E-state index in [-0.39, 0.29) is 16.8 Å². The zero-order chi connectivity index (χ0) is 23.0. The number of carbonyl (C=O) groups excluding carboxylic acids is 2. The molecule has 0 saturated heterocycles. The second kappa shape index (κ2) is 11.2. The van der Waals surface area contributed by atoms with Gasteiger partial charge in [-0.3, -0.25) is 30.6 Å². The van der Waals surface area contributed by atoms with Gasteiger partial charge in [-0.05, 0) is 48.9 Å². The van der Waals surface area contributed by atoms with Crippen LogP contribution in [0.2, 0.25) is 0 Å². The van der Waals surface area contributed by atoms with E-state index in [1.54, 1.807) is 18.4 Å². The van der Waals surface area contributed by atoms with Crippen LogP contribution >= 0.6 is 11.8 Å². The summed E-state index contributed by atoms with van der Waals surface area (Å²) in [6.45, 7) is 4.71. The minimum absolute atomic E-state index is 0.0521. The Morgan fingerprint density at radius 1 is 1.06 bits per heavy atom. The van der Waals surface area contributed by atoms with Crippen LogP contribution < -0.4 is 20.3 Å². The molecule has 0 fully saturated rings. The van der Waals surface area contributed by atoms with E-state index in [0.29, 0.717) is 28.9 Å². The summed E-state index contributed by atoms with van der Waals surface area (Å²) in [5.41, 5.74) is 4.68. The van der Waals surface area contributed by atoms with Crippen molar-refractivity contribution < 1.29 is 24.0 Å². The number of nitro benzene ring substituents is 1. The Labute approximate surface area is 184 Å². The maximum atomic E-state index is 12.4. The lowest BCUT2D eigenvalue weighted by atomic mass is 10.1. The normalized spacial score (nSPS) is 10.5. The van der Waals surface area contributed by atoms with Gasteiger partial charge in [0.2, 0.25) is 0 Å². The number of methoxy groups -OCH3 is 1. The van der Waals surface area contributed by atoms with Gasteiger partial charge in [-0.25, -0.2) is 0 Å². The highest BCUT2D eigenvalue weighted by molar-refractivity contribution is 7.98. The minimum atomic E-state index is -0.676. The predicted molar refractivity (Wildman–Crippen MR) is 118 cm³/mol. The van der Waals surface area contributed by atoms with E-state index in [1.165, 1.54) is 43.1 Å². The van der Waals surface area contributed by atoms with Crippen LogP contribution in [0.1, 0.15) is 41.0 Å². The van der Waals surface area contributed by atoms with Gasteiger partial charge in [-0.2, -0.15) is 0 Å². The molecule has 2 aromatic rings. The average Bonchev–Trinajstić information content (AvgIpc) is 2.76. The molecule has 0 atom stereocenters. The first kappa shape index (κ1) is 24.0. The zero-order valence-corrected chi connectivity index (χ0v) is 18.6. The fourth-order valence-electron chi connectivity index (χ4n) is 2.56. The van der Waals surface area contributed by atoms with E-state index in [0.717, 1.165) is 6.42 Å². The summed E-state index contributed by atoms with van der Waals surface area (Å²) in [5.74, 6) is 0.161. The fraction of sp³-hybridized carbons (Fsp3) is 0.333. The van der Waals surface area contributed by atoms with E-state index in [2.05, 4.69) is 24.7 Å². The Morgan fingerprint density at radius 3 is 2.23 bits per heavy atom. The molecular formula is C21H25N3O6S. The van der Waals surface area contributed by atoms with Crippen molar-refractivity contribution in [2.45, 2.75) is 25.2 Å². The molecule has 0 bridgehead atoms. The van der Waals surface area contributed by atoms with Crippen molar-refractivity contribution in [1.82, 2.24) is 10.9 Å². The number of nitro groups is 1. The molecule has 0 unspecified atom stereocenters. The Bertz CT molecular complexity index is 964. The molecule has 31 heavy (non-hydrogen) atoms. The largest absolute Gasteiger partial charge is 0.493 e. The number of ether oxygens (including phenoxy) is 2. The number of hydrazine groups is 1. The minimum Gasteiger partial charge on any atom is -0.493 e. The fourth-order valence-corrected chi connectivity index (χ4v) is 3.11. The van der Waals surface area contributed by atoms with E-state index >= 15 is 0 Å². The maximum Gasteiger partial charge on any atom is 0.283 e. The second-order valence-electron chi connectivity index (χ2n) is 6.95. The van der Waals surface area contributed by atoms with Gasteiger partial charge in [0.1, 0.15) is 0 Å². The number of hydrogen-bond donors (Lipinski definition) is 2. The summed E-state index contributed by atoms with van der Waals surface area (Å²) in [5, 5.41) is 11.2. The van der Waals surface area contributed by atoms with E-state index in [4.69, 9.17) is 9.47 Å². The Balaban J connectivity index is 2.04. The molecule has 2 amide bonds. The van der Waals surface area contributed by atoms with Crippen LogP contribution in [0.4, 0.5) is 5.69 Å². The molecule has 0 aromatic heterocycles. The number of benzene rings is 2. The maximum absolute atomic E-state index is 12.4. The first-order chi connectivity index (χ1) is 14.8. The molecule has 9 nitrogen and oxygen atoms in total. The monoisotopic (exact) mass is 447 g/mol. The molecule has 0 heterocycles. The number of nitrogens with zero attached hydrogens (tertiary/aromatic N) is 1. The van der Waals surface area contributed by atoms with Crippen LogP contribution in [0, 0.1) is 16.0 Å². The molecule has 10 heteroatoms. The number of nitrogens with one attached hydrogen (secondary N) is 2.